The Kier molecular flexibility index (Phi) is 6.10. The molecule has 2 fully saturated rings. The van der Waals surface area contributed by atoms with Crippen LogP contribution in [0.3, 0.4) is 0 Å². The van der Waals surface area contributed by atoms with Gasteiger partial charge in [-0.1, -0.05) is 20.8 Å². The minimum absolute atomic E-state index is 0.338. The first-order valence-corrected chi connectivity index (χ1v) is 9.10. The number of hydrogen-bond donors (Lipinski definition) is 1. The SMILES string of the molecule is CCCNC1CC(OC2CC(C)OC(C)C2)C1(CC)CC. The standard InChI is InChI=1S/C18H35NO2/c1-6-9-19-16-12-17(18(16,7-2)8-3)21-15-10-13(4)20-14(5)11-15/h13-17,19H,6-12H2,1-5H3. The fourth-order valence-electron chi connectivity index (χ4n) is 4.43. The van der Waals surface area contributed by atoms with E-state index in [4.69, 9.17) is 9.47 Å². The van der Waals surface area contributed by atoms with Gasteiger partial charge in [-0.05, 0) is 58.9 Å². The third kappa shape index (κ3) is 3.62. The highest BCUT2D eigenvalue weighted by Crippen LogP contribution is 2.49. The van der Waals surface area contributed by atoms with Gasteiger partial charge in [-0.3, -0.25) is 0 Å². The molecule has 2 aliphatic rings. The second-order valence-corrected chi connectivity index (χ2v) is 7.16. The van der Waals surface area contributed by atoms with E-state index in [0.29, 0.717) is 35.9 Å². The maximum Gasteiger partial charge on any atom is 0.0664 e. The Hall–Kier alpha value is -0.120. The van der Waals surface area contributed by atoms with Crippen molar-refractivity contribution in [2.24, 2.45) is 5.41 Å². The zero-order valence-electron chi connectivity index (χ0n) is 14.7. The normalized spacial score (nSPS) is 39.0. The van der Waals surface area contributed by atoms with Gasteiger partial charge in [-0.25, -0.2) is 0 Å². The molecule has 1 saturated heterocycles. The summed E-state index contributed by atoms with van der Waals surface area (Å²) >= 11 is 0. The first-order valence-electron chi connectivity index (χ1n) is 9.10. The predicted molar refractivity (Wildman–Crippen MR) is 87.6 cm³/mol. The summed E-state index contributed by atoms with van der Waals surface area (Å²) in [6.45, 7) is 12.4. The van der Waals surface area contributed by atoms with Crippen LogP contribution in [-0.4, -0.2) is 37.0 Å². The Labute approximate surface area is 131 Å². The average molecular weight is 297 g/mol. The smallest absolute Gasteiger partial charge is 0.0664 e. The van der Waals surface area contributed by atoms with Crippen molar-refractivity contribution in [3.63, 3.8) is 0 Å². The molecule has 3 heteroatoms. The van der Waals surface area contributed by atoms with Crippen molar-refractivity contribution < 1.29 is 9.47 Å². The molecule has 21 heavy (non-hydrogen) atoms. The molecule has 0 bridgehead atoms. The summed E-state index contributed by atoms with van der Waals surface area (Å²) in [5.41, 5.74) is 0.347. The van der Waals surface area contributed by atoms with Crippen molar-refractivity contribution in [3.05, 3.63) is 0 Å². The number of rotatable bonds is 7. The van der Waals surface area contributed by atoms with Crippen molar-refractivity contribution in [1.29, 1.82) is 0 Å². The van der Waals surface area contributed by atoms with E-state index in [1.807, 2.05) is 0 Å². The van der Waals surface area contributed by atoms with Crippen molar-refractivity contribution in [2.75, 3.05) is 6.54 Å². The van der Waals surface area contributed by atoms with Crippen LogP contribution in [0.5, 0.6) is 0 Å². The Bertz CT molecular complexity index is 306. The van der Waals surface area contributed by atoms with Crippen molar-refractivity contribution in [2.45, 2.75) is 104 Å². The maximum absolute atomic E-state index is 6.56. The lowest BCUT2D eigenvalue weighted by atomic mass is 9.58. The van der Waals surface area contributed by atoms with Gasteiger partial charge in [0.2, 0.25) is 0 Å². The Balaban J connectivity index is 1.93. The van der Waals surface area contributed by atoms with E-state index in [1.54, 1.807) is 0 Å². The minimum atomic E-state index is 0.338. The van der Waals surface area contributed by atoms with E-state index in [1.165, 1.54) is 25.7 Å². The van der Waals surface area contributed by atoms with E-state index < -0.39 is 0 Å². The summed E-state index contributed by atoms with van der Waals surface area (Å²) in [6.07, 6.45) is 8.42. The lowest BCUT2D eigenvalue weighted by Gasteiger charge is -2.57. The second kappa shape index (κ2) is 7.43. The summed E-state index contributed by atoms with van der Waals surface area (Å²) in [5, 5.41) is 3.74. The molecule has 0 aromatic carbocycles. The molecule has 124 valence electrons. The molecule has 0 spiro atoms. The van der Waals surface area contributed by atoms with E-state index in [-0.39, 0.29) is 0 Å². The van der Waals surface area contributed by atoms with Gasteiger partial charge >= 0.3 is 0 Å². The maximum atomic E-state index is 6.56. The monoisotopic (exact) mass is 297 g/mol. The summed E-state index contributed by atoms with van der Waals surface area (Å²) in [4.78, 5) is 0. The zero-order valence-corrected chi connectivity index (χ0v) is 14.7. The summed E-state index contributed by atoms with van der Waals surface area (Å²) in [5.74, 6) is 0. The van der Waals surface area contributed by atoms with Gasteiger partial charge < -0.3 is 14.8 Å². The molecule has 4 unspecified atom stereocenters. The van der Waals surface area contributed by atoms with Crippen molar-refractivity contribution in [3.8, 4) is 0 Å². The third-order valence-electron chi connectivity index (χ3n) is 5.75. The summed E-state index contributed by atoms with van der Waals surface area (Å²) in [7, 11) is 0. The molecule has 0 radical (unpaired) electrons. The van der Waals surface area contributed by atoms with Gasteiger partial charge in [0.25, 0.3) is 0 Å². The number of hydrogen-bond acceptors (Lipinski definition) is 3. The molecule has 4 atom stereocenters. The first-order chi connectivity index (χ1) is 10.1. The van der Waals surface area contributed by atoms with Crippen LogP contribution in [0.2, 0.25) is 0 Å². The molecule has 0 aromatic rings. The topological polar surface area (TPSA) is 30.5 Å². The lowest BCUT2D eigenvalue weighted by Crippen LogP contribution is -2.64. The molecule has 1 aliphatic heterocycles. The first kappa shape index (κ1) is 17.2. The van der Waals surface area contributed by atoms with Crippen molar-refractivity contribution in [1.82, 2.24) is 5.32 Å². The van der Waals surface area contributed by atoms with E-state index in [2.05, 4.69) is 39.9 Å². The molecule has 0 amide bonds. The quantitative estimate of drug-likeness (QED) is 0.773. The molecule has 0 aromatic heterocycles. The number of ether oxygens (including phenoxy) is 2. The average Bonchev–Trinajstić information content (AvgIpc) is 2.42. The molecule has 1 saturated carbocycles. The molecule has 1 aliphatic carbocycles. The van der Waals surface area contributed by atoms with Gasteiger partial charge in [-0.15, -0.1) is 0 Å². The molecule has 1 heterocycles. The van der Waals surface area contributed by atoms with Crippen LogP contribution in [0.4, 0.5) is 0 Å². The fourth-order valence-corrected chi connectivity index (χ4v) is 4.43. The second-order valence-electron chi connectivity index (χ2n) is 7.16. The number of nitrogens with one attached hydrogen (secondary N) is 1. The van der Waals surface area contributed by atoms with Crippen LogP contribution >= 0.6 is 0 Å². The highest BCUT2D eigenvalue weighted by molar-refractivity contribution is 5.07. The van der Waals surface area contributed by atoms with Gasteiger partial charge in [0, 0.05) is 11.5 Å². The zero-order chi connectivity index (χ0) is 15.5. The van der Waals surface area contributed by atoms with Crippen LogP contribution in [-0.2, 0) is 9.47 Å². The Morgan fingerprint density at radius 3 is 2.19 bits per heavy atom. The molecular formula is C18H35NO2. The van der Waals surface area contributed by atoms with Gasteiger partial charge in [0.1, 0.15) is 0 Å². The molecule has 3 nitrogen and oxygen atoms in total. The van der Waals surface area contributed by atoms with Crippen molar-refractivity contribution >= 4 is 0 Å². The van der Waals surface area contributed by atoms with Gasteiger partial charge in [-0.2, -0.15) is 0 Å². The highest BCUT2D eigenvalue weighted by atomic mass is 16.5. The lowest BCUT2D eigenvalue weighted by molar-refractivity contribution is -0.196. The van der Waals surface area contributed by atoms with E-state index in [0.717, 1.165) is 19.4 Å². The van der Waals surface area contributed by atoms with E-state index in [9.17, 15) is 0 Å². The van der Waals surface area contributed by atoms with Crippen LogP contribution in [0.25, 0.3) is 0 Å². The third-order valence-corrected chi connectivity index (χ3v) is 5.75. The molecular weight excluding hydrogens is 262 g/mol. The highest BCUT2D eigenvalue weighted by Gasteiger charge is 2.53. The summed E-state index contributed by atoms with van der Waals surface area (Å²) in [6, 6.07) is 0.645. The summed E-state index contributed by atoms with van der Waals surface area (Å²) < 4.78 is 12.4. The largest absolute Gasteiger partial charge is 0.375 e. The minimum Gasteiger partial charge on any atom is -0.375 e. The Morgan fingerprint density at radius 2 is 1.67 bits per heavy atom. The predicted octanol–water partition coefficient (Wildman–Crippen LogP) is 3.91. The Morgan fingerprint density at radius 1 is 1.05 bits per heavy atom. The molecule has 1 N–H and O–H groups in total. The van der Waals surface area contributed by atoms with E-state index >= 15 is 0 Å². The van der Waals surface area contributed by atoms with Gasteiger partial charge in [0.15, 0.2) is 0 Å². The fraction of sp³-hybridized carbons (Fsp3) is 1.00. The molecule has 2 rings (SSSR count). The van der Waals surface area contributed by atoms with Crippen LogP contribution in [0.1, 0.15) is 73.1 Å². The van der Waals surface area contributed by atoms with Gasteiger partial charge in [0.05, 0.1) is 24.4 Å². The van der Waals surface area contributed by atoms with Crippen LogP contribution in [0.15, 0.2) is 0 Å². The van der Waals surface area contributed by atoms with Crippen LogP contribution < -0.4 is 5.32 Å². The van der Waals surface area contributed by atoms with Crippen LogP contribution in [0, 0.1) is 5.41 Å².